The number of carboxylic acids is 1. The summed E-state index contributed by atoms with van der Waals surface area (Å²) in [7, 11) is 1.83. The monoisotopic (exact) mass is 273 g/mol. The Morgan fingerprint density at radius 3 is 2.45 bits per heavy atom. The summed E-state index contributed by atoms with van der Waals surface area (Å²) >= 11 is 0. The van der Waals surface area contributed by atoms with Gasteiger partial charge in [0.1, 0.15) is 0 Å². The fourth-order valence-corrected chi connectivity index (χ4v) is 2.21. The van der Waals surface area contributed by atoms with E-state index in [-0.39, 0.29) is 5.91 Å². The van der Waals surface area contributed by atoms with Crippen LogP contribution >= 0.6 is 0 Å². The summed E-state index contributed by atoms with van der Waals surface area (Å²) in [6.07, 6.45) is 3.79. The van der Waals surface area contributed by atoms with Gasteiger partial charge in [0.15, 0.2) is 0 Å². The van der Waals surface area contributed by atoms with Gasteiger partial charge >= 0.3 is 5.97 Å². The van der Waals surface area contributed by atoms with Crippen LogP contribution in [0.25, 0.3) is 6.08 Å². The lowest BCUT2D eigenvalue weighted by atomic mass is 10.1. The van der Waals surface area contributed by atoms with E-state index in [1.807, 2.05) is 7.05 Å². The number of carbonyl (C=O) groups is 2. The number of carboxylic acid groups (broad SMARTS) is 1. The SMILES string of the molecule is CC1CC1CN(C)C(=O)c1ccc(C=CC(=O)O)cc1. The minimum absolute atomic E-state index is 0.0119. The molecule has 1 N–H and O–H groups in total. The van der Waals surface area contributed by atoms with E-state index in [1.54, 1.807) is 29.2 Å². The average Bonchev–Trinajstić information content (AvgIpc) is 3.11. The maximum Gasteiger partial charge on any atom is 0.328 e. The van der Waals surface area contributed by atoms with Crippen LogP contribution in [0, 0.1) is 11.8 Å². The zero-order valence-electron chi connectivity index (χ0n) is 11.7. The molecular formula is C16H19NO3. The highest BCUT2D eigenvalue weighted by atomic mass is 16.4. The van der Waals surface area contributed by atoms with Crippen LogP contribution in [0.15, 0.2) is 30.3 Å². The van der Waals surface area contributed by atoms with Crippen LogP contribution in [-0.2, 0) is 4.79 Å². The first-order chi connectivity index (χ1) is 9.47. The van der Waals surface area contributed by atoms with Crippen molar-refractivity contribution in [1.29, 1.82) is 0 Å². The molecule has 4 nitrogen and oxygen atoms in total. The van der Waals surface area contributed by atoms with Gasteiger partial charge in [0.25, 0.3) is 5.91 Å². The highest BCUT2D eigenvalue weighted by molar-refractivity contribution is 5.94. The number of hydrogen-bond acceptors (Lipinski definition) is 2. The number of nitrogens with zero attached hydrogens (tertiary/aromatic N) is 1. The largest absolute Gasteiger partial charge is 0.478 e. The van der Waals surface area contributed by atoms with Gasteiger partial charge in [-0.3, -0.25) is 4.79 Å². The summed E-state index contributed by atoms with van der Waals surface area (Å²) in [5.41, 5.74) is 1.40. The first-order valence-corrected chi connectivity index (χ1v) is 6.74. The topological polar surface area (TPSA) is 57.6 Å². The minimum Gasteiger partial charge on any atom is -0.478 e. The van der Waals surface area contributed by atoms with Crippen LogP contribution in [0.1, 0.15) is 29.3 Å². The van der Waals surface area contributed by atoms with Crippen molar-refractivity contribution in [3.63, 3.8) is 0 Å². The molecule has 0 radical (unpaired) electrons. The average molecular weight is 273 g/mol. The normalized spacial score (nSPS) is 20.9. The molecule has 0 saturated heterocycles. The van der Waals surface area contributed by atoms with Gasteiger partial charge < -0.3 is 10.0 Å². The quantitative estimate of drug-likeness (QED) is 0.839. The van der Waals surface area contributed by atoms with Crippen molar-refractivity contribution in [2.24, 2.45) is 11.8 Å². The third kappa shape index (κ3) is 3.70. The first-order valence-electron chi connectivity index (χ1n) is 6.74. The van der Waals surface area contributed by atoms with E-state index < -0.39 is 5.97 Å². The summed E-state index contributed by atoms with van der Waals surface area (Å²) in [6.45, 7) is 3.01. The van der Waals surface area contributed by atoms with E-state index in [0.29, 0.717) is 11.5 Å². The molecule has 0 bridgehead atoms. The Morgan fingerprint density at radius 2 is 1.95 bits per heavy atom. The van der Waals surface area contributed by atoms with Gasteiger partial charge in [0.2, 0.25) is 0 Å². The van der Waals surface area contributed by atoms with E-state index >= 15 is 0 Å². The summed E-state index contributed by atoms with van der Waals surface area (Å²) in [5, 5.41) is 8.55. The molecule has 1 aromatic rings. The molecule has 106 valence electrons. The molecule has 2 rings (SSSR count). The van der Waals surface area contributed by atoms with E-state index in [9.17, 15) is 9.59 Å². The summed E-state index contributed by atoms with van der Waals surface area (Å²) in [4.78, 5) is 24.4. The van der Waals surface area contributed by atoms with Crippen molar-refractivity contribution in [2.75, 3.05) is 13.6 Å². The fourth-order valence-electron chi connectivity index (χ4n) is 2.21. The molecule has 0 spiro atoms. The van der Waals surface area contributed by atoms with Crippen LogP contribution in [0.2, 0.25) is 0 Å². The van der Waals surface area contributed by atoms with Gasteiger partial charge in [-0.05, 0) is 42.0 Å². The zero-order valence-corrected chi connectivity index (χ0v) is 11.7. The third-order valence-electron chi connectivity index (χ3n) is 3.71. The Bertz CT molecular complexity index is 533. The predicted octanol–water partition coefficient (Wildman–Crippen LogP) is 2.51. The minimum atomic E-state index is -0.983. The van der Waals surface area contributed by atoms with Crippen LogP contribution in [0.5, 0.6) is 0 Å². The smallest absolute Gasteiger partial charge is 0.328 e. The Labute approximate surface area is 118 Å². The molecule has 20 heavy (non-hydrogen) atoms. The summed E-state index contributed by atoms with van der Waals surface area (Å²) < 4.78 is 0. The van der Waals surface area contributed by atoms with Crippen molar-refractivity contribution >= 4 is 18.0 Å². The Hall–Kier alpha value is -2.10. The van der Waals surface area contributed by atoms with Crippen LogP contribution in [0.3, 0.4) is 0 Å². The molecule has 0 aliphatic heterocycles. The highest BCUT2D eigenvalue weighted by Gasteiger charge is 2.34. The number of amides is 1. The Morgan fingerprint density at radius 1 is 1.35 bits per heavy atom. The van der Waals surface area contributed by atoms with E-state index in [1.165, 1.54) is 12.5 Å². The molecule has 1 saturated carbocycles. The second-order valence-corrected chi connectivity index (χ2v) is 5.45. The van der Waals surface area contributed by atoms with Gasteiger partial charge in [-0.1, -0.05) is 19.1 Å². The second-order valence-electron chi connectivity index (χ2n) is 5.45. The number of carbonyl (C=O) groups excluding carboxylic acids is 1. The molecule has 0 heterocycles. The van der Waals surface area contributed by atoms with Gasteiger partial charge in [0.05, 0.1) is 0 Å². The second kappa shape index (κ2) is 5.90. The van der Waals surface area contributed by atoms with Crippen LogP contribution < -0.4 is 0 Å². The van der Waals surface area contributed by atoms with Gasteiger partial charge in [-0.15, -0.1) is 0 Å². The lowest BCUT2D eigenvalue weighted by molar-refractivity contribution is -0.131. The number of rotatable bonds is 5. The van der Waals surface area contributed by atoms with E-state index in [2.05, 4.69) is 6.92 Å². The molecule has 4 heteroatoms. The molecule has 0 aromatic heterocycles. The molecule has 1 aliphatic carbocycles. The van der Waals surface area contributed by atoms with Gasteiger partial charge in [-0.25, -0.2) is 4.79 Å². The van der Waals surface area contributed by atoms with Crippen LogP contribution in [-0.4, -0.2) is 35.5 Å². The first kappa shape index (κ1) is 14.3. The predicted molar refractivity (Wildman–Crippen MR) is 77.3 cm³/mol. The van der Waals surface area contributed by atoms with E-state index in [0.717, 1.165) is 24.1 Å². The lowest BCUT2D eigenvalue weighted by Gasteiger charge is -2.17. The molecule has 2 unspecified atom stereocenters. The molecule has 2 atom stereocenters. The summed E-state index contributed by atoms with van der Waals surface area (Å²) in [6, 6.07) is 6.97. The maximum absolute atomic E-state index is 12.2. The molecular weight excluding hydrogens is 254 g/mol. The van der Waals surface area contributed by atoms with Crippen LogP contribution in [0.4, 0.5) is 0 Å². The number of hydrogen-bond donors (Lipinski definition) is 1. The molecule has 1 fully saturated rings. The standard InChI is InChI=1S/C16H19NO3/c1-11-9-14(11)10-17(2)16(20)13-6-3-12(4-7-13)5-8-15(18)19/h3-8,11,14H,9-10H2,1-2H3,(H,18,19). The molecule has 1 aromatic carbocycles. The van der Waals surface area contributed by atoms with E-state index in [4.69, 9.17) is 5.11 Å². The maximum atomic E-state index is 12.2. The molecule has 1 aliphatic rings. The Kier molecular flexibility index (Phi) is 4.23. The number of benzene rings is 1. The Balaban J connectivity index is 1.98. The zero-order chi connectivity index (χ0) is 14.7. The van der Waals surface area contributed by atoms with Crippen molar-refractivity contribution in [3.8, 4) is 0 Å². The van der Waals surface area contributed by atoms with Crippen molar-refractivity contribution in [1.82, 2.24) is 4.90 Å². The van der Waals surface area contributed by atoms with Crippen molar-refractivity contribution < 1.29 is 14.7 Å². The number of aliphatic carboxylic acids is 1. The third-order valence-corrected chi connectivity index (χ3v) is 3.71. The fraction of sp³-hybridized carbons (Fsp3) is 0.375. The van der Waals surface area contributed by atoms with Gasteiger partial charge in [-0.2, -0.15) is 0 Å². The highest BCUT2D eigenvalue weighted by Crippen LogP contribution is 2.38. The van der Waals surface area contributed by atoms with Crippen molar-refractivity contribution in [3.05, 3.63) is 41.5 Å². The van der Waals surface area contributed by atoms with Crippen molar-refractivity contribution in [2.45, 2.75) is 13.3 Å². The van der Waals surface area contributed by atoms with Gasteiger partial charge in [0, 0.05) is 25.2 Å². The lowest BCUT2D eigenvalue weighted by Crippen LogP contribution is -2.29. The summed E-state index contributed by atoms with van der Waals surface area (Å²) in [5.74, 6) is 0.400. The molecule has 1 amide bonds.